The summed E-state index contributed by atoms with van der Waals surface area (Å²) in [6.07, 6.45) is 1.06. The minimum absolute atomic E-state index is 0.124. The molecule has 0 saturated carbocycles. The van der Waals surface area contributed by atoms with E-state index >= 15 is 0 Å². The van der Waals surface area contributed by atoms with E-state index in [1.165, 1.54) is 5.56 Å². The Hall–Kier alpha value is -1.35. The van der Waals surface area contributed by atoms with Crippen molar-refractivity contribution < 1.29 is 4.79 Å². The number of carbonyl (C=O) groups is 1. The average molecular weight is 248 g/mol. The smallest absolute Gasteiger partial charge is 0.241 e. The summed E-state index contributed by atoms with van der Waals surface area (Å²) in [5, 5.41) is 2.84. The molecule has 1 aromatic carbocycles. The lowest BCUT2D eigenvalue weighted by Crippen LogP contribution is -2.39. The summed E-state index contributed by atoms with van der Waals surface area (Å²) in [5.74, 6) is 0.659. The van der Waals surface area contributed by atoms with Crippen LogP contribution < -0.4 is 11.1 Å². The Labute approximate surface area is 110 Å². The molecule has 3 heteroatoms. The molecule has 1 unspecified atom stereocenters. The van der Waals surface area contributed by atoms with Gasteiger partial charge in [0.2, 0.25) is 5.91 Å². The van der Waals surface area contributed by atoms with E-state index in [0.717, 1.165) is 12.1 Å². The van der Waals surface area contributed by atoms with Crippen molar-refractivity contribution in [3.63, 3.8) is 0 Å². The van der Waals surface area contributed by atoms with Crippen molar-refractivity contribution in [2.24, 2.45) is 17.6 Å². The SMILES string of the molecule is CC(C)Cc1ccc(NC(=O)C(N)C(C)C)cc1. The lowest BCUT2D eigenvalue weighted by atomic mass is 10.0. The van der Waals surface area contributed by atoms with E-state index in [0.29, 0.717) is 5.92 Å². The summed E-state index contributed by atoms with van der Waals surface area (Å²) < 4.78 is 0. The summed E-state index contributed by atoms with van der Waals surface area (Å²) in [6, 6.07) is 7.51. The van der Waals surface area contributed by atoms with E-state index < -0.39 is 6.04 Å². The Morgan fingerprint density at radius 1 is 1.17 bits per heavy atom. The number of hydrogen-bond donors (Lipinski definition) is 2. The van der Waals surface area contributed by atoms with Crippen molar-refractivity contribution in [2.75, 3.05) is 5.32 Å². The van der Waals surface area contributed by atoms with Gasteiger partial charge < -0.3 is 11.1 Å². The average Bonchev–Trinajstić information content (AvgIpc) is 2.29. The maximum Gasteiger partial charge on any atom is 0.241 e. The van der Waals surface area contributed by atoms with Crippen LogP contribution in [0.15, 0.2) is 24.3 Å². The number of anilines is 1. The second-order valence-electron chi connectivity index (χ2n) is 5.55. The fourth-order valence-electron chi connectivity index (χ4n) is 1.72. The van der Waals surface area contributed by atoms with Crippen LogP contribution in [-0.4, -0.2) is 11.9 Å². The van der Waals surface area contributed by atoms with Crippen molar-refractivity contribution in [3.05, 3.63) is 29.8 Å². The summed E-state index contributed by atoms with van der Waals surface area (Å²) in [5.41, 5.74) is 7.89. The maximum absolute atomic E-state index is 11.8. The topological polar surface area (TPSA) is 55.1 Å². The number of hydrogen-bond acceptors (Lipinski definition) is 2. The summed E-state index contributed by atoms with van der Waals surface area (Å²) in [6.45, 7) is 8.26. The molecule has 1 amide bonds. The molecule has 18 heavy (non-hydrogen) atoms. The van der Waals surface area contributed by atoms with E-state index in [1.54, 1.807) is 0 Å². The summed E-state index contributed by atoms with van der Waals surface area (Å²) in [4.78, 5) is 11.8. The van der Waals surface area contributed by atoms with Gasteiger partial charge in [-0.05, 0) is 36.0 Å². The van der Waals surface area contributed by atoms with Crippen LogP contribution in [0.25, 0.3) is 0 Å². The van der Waals surface area contributed by atoms with Crippen molar-refractivity contribution in [1.82, 2.24) is 0 Å². The predicted molar refractivity (Wildman–Crippen MR) is 76.4 cm³/mol. The largest absolute Gasteiger partial charge is 0.325 e. The second kappa shape index (κ2) is 6.55. The molecule has 1 atom stereocenters. The maximum atomic E-state index is 11.8. The molecule has 0 aliphatic rings. The first-order valence-corrected chi connectivity index (χ1v) is 6.55. The molecule has 0 aliphatic carbocycles. The van der Waals surface area contributed by atoms with Crippen molar-refractivity contribution >= 4 is 11.6 Å². The van der Waals surface area contributed by atoms with Gasteiger partial charge >= 0.3 is 0 Å². The zero-order chi connectivity index (χ0) is 13.7. The number of benzene rings is 1. The van der Waals surface area contributed by atoms with Crippen molar-refractivity contribution in [2.45, 2.75) is 40.2 Å². The van der Waals surface area contributed by atoms with Crippen LogP contribution in [0.1, 0.15) is 33.3 Å². The Balaban J connectivity index is 2.61. The molecule has 0 aliphatic heterocycles. The number of nitrogens with two attached hydrogens (primary N) is 1. The highest BCUT2D eigenvalue weighted by Crippen LogP contribution is 2.13. The van der Waals surface area contributed by atoms with Gasteiger partial charge in [0.15, 0.2) is 0 Å². The van der Waals surface area contributed by atoms with Gasteiger partial charge in [0.1, 0.15) is 0 Å². The molecule has 0 fully saturated rings. The Bertz CT molecular complexity index is 382. The fraction of sp³-hybridized carbons (Fsp3) is 0.533. The lowest BCUT2D eigenvalue weighted by Gasteiger charge is -2.15. The predicted octanol–water partition coefficient (Wildman–Crippen LogP) is 2.81. The van der Waals surface area contributed by atoms with Gasteiger partial charge in [0, 0.05) is 5.69 Å². The first kappa shape index (κ1) is 14.7. The van der Waals surface area contributed by atoms with Gasteiger partial charge in [-0.1, -0.05) is 39.8 Å². The van der Waals surface area contributed by atoms with Gasteiger partial charge in [-0.15, -0.1) is 0 Å². The highest BCUT2D eigenvalue weighted by molar-refractivity contribution is 5.94. The third kappa shape index (κ3) is 4.49. The molecule has 0 radical (unpaired) electrons. The summed E-state index contributed by atoms with van der Waals surface area (Å²) in [7, 11) is 0. The van der Waals surface area contributed by atoms with Gasteiger partial charge in [0.25, 0.3) is 0 Å². The Morgan fingerprint density at radius 3 is 2.17 bits per heavy atom. The van der Waals surface area contributed by atoms with E-state index in [4.69, 9.17) is 5.73 Å². The molecular formula is C15H24N2O. The molecule has 3 N–H and O–H groups in total. The van der Waals surface area contributed by atoms with Crippen molar-refractivity contribution in [1.29, 1.82) is 0 Å². The summed E-state index contributed by atoms with van der Waals surface area (Å²) >= 11 is 0. The minimum atomic E-state index is -0.458. The van der Waals surface area contributed by atoms with Crippen LogP contribution in [0.2, 0.25) is 0 Å². The van der Waals surface area contributed by atoms with E-state index in [1.807, 2.05) is 26.0 Å². The number of amides is 1. The fourth-order valence-corrected chi connectivity index (χ4v) is 1.72. The van der Waals surface area contributed by atoms with E-state index in [2.05, 4.69) is 31.3 Å². The molecule has 0 aromatic heterocycles. The molecular weight excluding hydrogens is 224 g/mol. The quantitative estimate of drug-likeness (QED) is 0.842. The van der Waals surface area contributed by atoms with Gasteiger partial charge in [-0.2, -0.15) is 0 Å². The number of nitrogens with one attached hydrogen (secondary N) is 1. The number of carbonyl (C=O) groups excluding carboxylic acids is 1. The van der Waals surface area contributed by atoms with Crippen LogP contribution in [0.3, 0.4) is 0 Å². The van der Waals surface area contributed by atoms with Crippen LogP contribution in [0, 0.1) is 11.8 Å². The van der Waals surface area contributed by atoms with Gasteiger partial charge in [0.05, 0.1) is 6.04 Å². The van der Waals surface area contributed by atoms with Crippen LogP contribution in [0.5, 0.6) is 0 Å². The lowest BCUT2D eigenvalue weighted by molar-refractivity contribution is -0.118. The van der Waals surface area contributed by atoms with Crippen LogP contribution in [0.4, 0.5) is 5.69 Å². The van der Waals surface area contributed by atoms with Crippen LogP contribution >= 0.6 is 0 Å². The standard InChI is InChI=1S/C15H24N2O/c1-10(2)9-12-5-7-13(8-6-12)17-15(18)14(16)11(3)4/h5-8,10-11,14H,9,16H2,1-4H3,(H,17,18). The Morgan fingerprint density at radius 2 is 1.72 bits per heavy atom. The van der Waals surface area contributed by atoms with Gasteiger partial charge in [-0.25, -0.2) is 0 Å². The molecule has 0 bridgehead atoms. The van der Waals surface area contributed by atoms with E-state index in [-0.39, 0.29) is 11.8 Å². The normalized spacial score (nSPS) is 12.8. The molecule has 1 aromatic rings. The van der Waals surface area contributed by atoms with Crippen LogP contribution in [-0.2, 0) is 11.2 Å². The molecule has 0 heterocycles. The van der Waals surface area contributed by atoms with Gasteiger partial charge in [-0.3, -0.25) is 4.79 Å². The van der Waals surface area contributed by atoms with E-state index in [9.17, 15) is 4.79 Å². The molecule has 3 nitrogen and oxygen atoms in total. The molecule has 0 spiro atoms. The zero-order valence-corrected chi connectivity index (χ0v) is 11.7. The second-order valence-corrected chi connectivity index (χ2v) is 5.55. The number of rotatable bonds is 5. The van der Waals surface area contributed by atoms with Crippen molar-refractivity contribution in [3.8, 4) is 0 Å². The first-order chi connectivity index (χ1) is 8.40. The molecule has 100 valence electrons. The Kier molecular flexibility index (Phi) is 5.35. The highest BCUT2D eigenvalue weighted by Gasteiger charge is 2.16. The molecule has 0 saturated heterocycles. The third-order valence-corrected chi connectivity index (χ3v) is 2.89. The first-order valence-electron chi connectivity index (χ1n) is 6.55. The third-order valence-electron chi connectivity index (χ3n) is 2.89. The monoisotopic (exact) mass is 248 g/mol. The highest BCUT2D eigenvalue weighted by atomic mass is 16.2. The molecule has 1 rings (SSSR count). The zero-order valence-electron chi connectivity index (χ0n) is 11.7. The minimum Gasteiger partial charge on any atom is -0.325 e.